The quantitative estimate of drug-likeness (QED) is 0.860. The van der Waals surface area contributed by atoms with Gasteiger partial charge in [-0.2, -0.15) is 5.10 Å². The fourth-order valence-corrected chi connectivity index (χ4v) is 2.68. The van der Waals surface area contributed by atoms with E-state index in [4.69, 9.17) is 0 Å². The molecule has 2 aromatic heterocycles. The molecule has 6 nitrogen and oxygen atoms in total. The van der Waals surface area contributed by atoms with Crippen molar-refractivity contribution >= 4 is 10.0 Å². The third kappa shape index (κ3) is 2.57. The van der Waals surface area contributed by atoms with Crippen LogP contribution < -0.4 is 4.72 Å². The number of aromatic nitrogens is 3. The van der Waals surface area contributed by atoms with E-state index in [9.17, 15) is 8.42 Å². The molecule has 0 amide bonds. The molecule has 96 valence electrons. The highest BCUT2D eigenvalue weighted by atomic mass is 32.2. The molecule has 2 aromatic rings. The first-order valence-corrected chi connectivity index (χ1v) is 6.88. The largest absolute Gasteiger partial charge is 0.281 e. The van der Waals surface area contributed by atoms with E-state index in [0.29, 0.717) is 5.69 Å². The van der Waals surface area contributed by atoms with Crippen LogP contribution in [0.1, 0.15) is 16.8 Å². The van der Waals surface area contributed by atoms with E-state index < -0.39 is 10.0 Å². The lowest BCUT2D eigenvalue weighted by Crippen LogP contribution is -2.24. The van der Waals surface area contributed by atoms with Crippen LogP contribution in [0, 0.1) is 13.8 Å². The van der Waals surface area contributed by atoms with Crippen LogP contribution in [-0.2, 0) is 16.6 Å². The van der Waals surface area contributed by atoms with Gasteiger partial charge in [0.1, 0.15) is 4.90 Å². The van der Waals surface area contributed by atoms with Crippen molar-refractivity contribution in [1.29, 1.82) is 0 Å². The second kappa shape index (κ2) is 4.87. The number of hydrogen-bond acceptors (Lipinski definition) is 4. The summed E-state index contributed by atoms with van der Waals surface area (Å²) < 4.78 is 26.5. The average molecular weight is 266 g/mol. The van der Waals surface area contributed by atoms with Gasteiger partial charge in [-0.25, -0.2) is 13.1 Å². The van der Waals surface area contributed by atoms with E-state index in [0.717, 1.165) is 11.1 Å². The maximum absolute atomic E-state index is 12.0. The molecule has 18 heavy (non-hydrogen) atoms. The molecular formula is C11H14N4O2S. The molecular weight excluding hydrogens is 252 g/mol. The molecule has 7 heteroatoms. The monoisotopic (exact) mass is 266 g/mol. The fourth-order valence-electron chi connectivity index (χ4n) is 1.54. The molecule has 2 rings (SSSR count). The fraction of sp³-hybridized carbons (Fsp3) is 0.273. The van der Waals surface area contributed by atoms with Gasteiger partial charge in [0.15, 0.2) is 0 Å². The Balaban J connectivity index is 2.16. The van der Waals surface area contributed by atoms with E-state index in [2.05, 4.69) is 19.9 Å². The van der Waals surface area contributed by atoms with Crippen molar-refractivity contribution in [3.63, 3.8) is 0 Å². The van der Waals surface area contributed by atoms with E-state index in [1.165, 1.54) is 6.20 Å². The molecule has 0 aliphatic rings. The first kappa shape index (κ1) is 12.7. The van der Waals surface area contributed by atoms with Gasteiger partial charge < -0.3 is 0 Å². The standard InChI is InChI=1S/C11H14N4O2S/c1-8-3-4-12-5-10(8)6-14-18(16,17)11-7-13-15-9(11)2/h3-5,7,14H,6H2,1-2H3,(H,13,15). The Bertz CT molecular complexity index is 649. The highest BCUT2D eigenvalue weighted by Crippen LogP contribution is 2.12. The normalized spacial score (nSPS) is 11.7. The summed E-state index contributed by atoms with van der Waals surface area (Å²) in [4.78, 5) is 4.14. The lowest BCUT2D eigenvalue weighted by atomic mass is 10.2. The summed E-state index contributed by atoms with van der Waals surface area (Å²) in [5.41, 5.74) is 2.37. The second-order valence-corrected chi connectivity index (χ2v) is 5.72. The molecule has 0 fully saturated rings. The highest BCUT2D eigenvalue weighted by Gasteiger charge is 2.18. The molecule has 0 saturated carbocycles. The van der Waals surface area contributed by atoms with Gasteiger partial charge in [-0.15, -0.1) is 0 Å². The summed E-state index contributed by atoms with van der Waals surface area (Å²) in [6.45, 7) is 3.79. The first-order valence-electron chi connectivity index (χ1n) is 5.40. The molecule has 0 atom stereocenters. The number of aryl methyl sites for hydroxylation is 2. The minimum absolute atomic E-state index is 0.170. The zero-order valence-corrected chi connectivity index (χ0v) is 11.0. The summed E-state index contributed by atoms with van der Waals surface area (Å²) in [7, 11) is -3.53. The second-order valence-electron chi connectivity index (χ2n) is 3.99. The van der Waals surface area contributed by atoms with Crippen LogP contribution in [-0.4, -0.2) is 23.6 Å². The Labute approximate surface area is 106 Å². The third-order valence-corrected chi connectivity index (χ3v) is 4.19. The summed E-state index contributed by atoms with van der Waals surface area (Å²) in [5, 5.41) is 6.31. The van der Waals surface area contributed by atoms with Crippen LogP contribution >= 0.6 is 0 Å². The van der Waals surface area contributed by atoms with Crippen molar-refractivity contribution in [2.45, 2.75) is 25.3 Å². The predicted molar refractivity (Wildman–Crippen MR) is 66.3 cm³/mol. The van der Waals surface area contributed by atoms with Crippen molar-refractivity contribution in [3.05, 3.63) is 41.5 Å². The molecule has 2 N–H and O–H groups in total. The van der Waals surface area contributed by atoms with Crippen molar-refractivity contribution in [2.24, 2.45) is 0 Å². The number of sulfonamides is 1. The zero-order chi connectivity index (χ0) is 13.2. The third-order valence-electron chi connectivity index (χ3n) is 2.67. The van der Waals surface area contributed by atoms with Gasteiger partial charge in [0.05, 0.1) is 11.9 Å². The number of H-pyrrole nitrogens is 1. The maximum atomic E-state index is 12.0. The molecule has 0 saturated heterocycles. The average Bonchev–Trinajstić information content (AvgIpc) is 2.75. The first-order chi connectivity index (χ1) is 8.50. The predicted octanol–water partition coefficient (Wildman–Crippen LogP) is 0.900. The zero-order valence-electron chi connectivity index (χ0n) is 10.1. The molecule has 0 spiro atoms. The smallest absolute Gasteiger partial charge is 0.244 e. The molecule has 0 aliphatic carbocycles. The van der Waals surface area contributed by atoms with Gasteiger partial charge in [0.25, 0.3) is 0 Å². The maximum Gasteiger partial charge on any atom is 0.244 e. The van der Waals surface area contributed by atoms with Gasteiger partial charge in [0.2, 0.25) is 10.0 Å². The molecule has 0 aliphatic heterocycles. The minimum Gasteiger partial charge on any atom is -0.281 e. The lowest BCUT2D eigenvalue weighted by Gasteiger charge is -2.07. The van der Waals surface area contributed by atoms with Crippen LogP contribution in [0.2, 0.25) is 0 Å². The van der Waals surface area contributed by atoms with Crippen molar-refractivity contribution in [2.75, 3.05) is 0 Å². The van der Waals surface area contributed by atoms with Gasteiger partial charge in [-0.3, -0.25) is 10.1 Å². The molecule has 2 heterocycles. The van der Waals surface area contributed by atoms with Crippen LogP contribution in [0.5, 0.6) is 0 Å². The molecule has 0 radical (unpaired) electrons. The molecule has 0 unspecified atom stereocenters. The van der Waals surface area contributed by atoms with Gasteiger partial charge in [-0.05, 0) is 31.0 Å². The van der Waals surface area contributed by atoms with Gasteiger partial charge in [-0.1, -0.05) is 0 Å². The lowest BCUT2D eigenvalue weighted by molar-refractivity contribution is 0.580. The highest BCUT2D eigenvalue weighted by molar-refractivity contribution is 7.89. The van der Waals surface area contributed by atoms with E-state index in [1.54, 1.807) is 19.3 Å². The Morgan fingerprint density at radius 2 is 2.11 bits per heavy atom. The molecule has 0 aromatic carbocycles. The Hall–Kier alpha value is -1.73. The van der Waals surface area contributed by atoms with E-state index in [-0.39, 0.29) is 11.4 Å². The summed E-state index contributed by atoms with van der Waals surface area (Å²) >= 11 is 0. The number of aromatic amines is 1. The summed E-state index contributed by atoms with van der Waals surface area (Å²) in [6, 6.07) is 1.84. The SMILES string of the molecule is Cc1ccncc1CNS(=O)(=O)c1cn[nH]c1C. The summed E-state index contributed by atoms with van der Waals surface area (Å²) in [5.74, 6) is 0. The topological polar surface area (TPSA) is 87.7 Å². The number of nitrogens with zero attached hydrogens (tertiary/aromatic N) is 2. The van der Waals surface area contributed by atoms with E-state index in [1.807, 2.05) is 13.0 Å². The van der Waals surface area contributed by atoms with E-state index >= 15 is 0 Å². The Kier molecular flexibility index (Phi) is 3.44. The van der Waals surface area contributed by atoms with Crippen LogP contribution in [0.3, 0.4) is 0 Å². The number of rotatable bonds is 4. The van der Waals surface area contributed by atoms with Gasteiger partial charge in [0, 0.05) is 18.9 Å². The summed E-state index contributed by atoms with van der Waals surface area (Å²) in [6.07, 6.45) is 4.63. The van der Waals surface area contributed by atoms with Crippen molar-refractivity contribution in [3.8, 4) is 0 Å². The molecule has 0 bridgehead atoms. The van der Waals surface area contributed by atoms with Crippen LogP contribution in [0.4, 0.5) is 0 Å². The number of nitrogens with one attached hydrogen (secondary N) is 2. The van der Waals surface area contributed by atoms with Crippen LogP contribution in [0.15, 0.2) is 29.6 Å². The van der Waals surface area contributed by atoms with Gasteiger partial charge >= 0.3 is 0 Å². The number of pyridine rings is 1. The minimum atomic E-state index is -3.53. The van der Waals surface area contributed by atoms with Crippen LogP contribution in [0.25, 0.3) is 0 Å². The Morgan fingerprint density at radius 3 is 2.72 bits per heavy atom. The van der Waals surface area contributed by atoms with Crippen molar-refractivity contribution < 1.29 is 8.42 Å². The van der Waals surface area contributed by atoms with Crippen molar-refractivity contribution in [1.82, 2.24) is 19.9 Å². The Morgan fingerprint density at radius 1 is 1.33 bits per heavy atom. The number of hydrogen-bond donors (Lipinski definition) is 2.